The van der Waals surface area contributed by atoms with Gasteiger partial charge in [-0.1, -0.05) is 35.3 Å². The van der Waals surface area contributed by atoms with Crippen LogP contribution in [0.1, 0.15) is 18.1 Å². The van der Waals surface area contributed by atoms with E-state index in [9.17, 15) is 4.79 Å². The Hall–Kier alpha value is -2.28. The normalized spacial score (nSPS) is 15.1. The minimum Gasteiger partial charge on any atom is -0.493 e. The van der Waals surface area contributed by atoms with Crippen LogP contribution in [-0.4, -0.2) is 29.6 Å². The van der Waals surface area contributed by atoms with Gasteiger partial charge in [-0.25, -0.2) is 0 Å². The van der Waals surface area contributed by atoms with Crippen LogP contribution in [-0.2, 0) is 11.4 Å². The molecule has 2 aromatic rings. The summed E-state index contributed by atoms with van der Waals surface area (Å²) in [7, 11) is 1.56. The number of rotatable bonds is 6. The molecule has 0 bridgehead atoms. The van der Waals surface area contributed by atoms with E-state index in [2.05, 4.69) is 5.32 Å². The number of ether oxygens (including phenoxy) is 2. The van der Waals surface area contributed by atoms with Crippen molar-refractivity contribution in [1.82, 2.24) is 10.2 Å². The van der Waals surface area contributed by atoms with Crippen LogP contribution >= 0.6 is 35.4 Å². The predicted octanol–water partition coefficient (Wildman–Crippen LogP) is 4.66. The topological polar surface area (TPSA) is 50.8 Å². The van der Waals surface area contributed by atoms with E-state index in [-0.39, 0.29) is 12.5 Å². The number of carbonyl (C=O) groups excluding carboxylic acids is 1. The summed E-state index contributed by atoms with van der Waals surface area (Å²) in [6.45, 7) is 2.66. The zero-order valence-electron chi connectivity index (χ0n) is 15.3. The molecule has 146 valence electrons. The van der Waals surface area contributed by atoms with Crippen molar-refractivity contribution >= 4 is 52.5 Å². The number of halogens is 2. The van der Waals surface area contributed by atoms with E-state index in [1.807, 2.05) is 19.1 Å². The van der Waals surface area contributed by atoms with Crippen molar-refractivity contribution in [2.75, 3.05) is 13.7 Å². The lowest BCUT2D eigenvalue weighted by molar-refractivity contribution is -0.122. The van der Waals surface area contributed by atoms with Crippen molar-refractivity contribution in [3.05, 3.63) is 63.3 Å². The van der Waals surface area contributed by atoms with Gasteiger partial charge in [0.2, 0.25) is 0 Å². The fourth-order valence-electron chi connectivity index (χ4n) is 2.71. The number of benzene rings is 2. The molecule has 1 amide bonds. The molecule has 0 atom stereocenters. The standard InChI is InChI=1S/C20H18Cl2N2O3S/c1-3-24-19(25)16(23-20(24)28)8-12-4-7-17(18(9-12)26-2)27-11-13-5-6-14(21)10-15(13)22/h4-10H,3,11H2,1-2H3,(H,23,28)/b16-8-. The molecule has 1 heterocycles. The van der Waals surface area contributed by atoms with Gasteiger partial charge in [-0.15, -0.1) is 0 Å². The molecule has 0 spiro atoms. The molecule has 1 aliphatic rings. The van der Waals surface area contributed by atoms with Gasteiger partial charge in [0, 0.05) is 22.2 Å². The predicted molar refractivity (Wildman–Crippen MR) is 115 cm³/mol. The summed E-state index contributed by atoms with van der Waals surface area (Å²) >= 11 is 17.3. The van der Waals surface area contributed by atoms with E-state index in [4.69, 9.17) is 44.9 Å². The van der Waals surface area contributed by atoms with E-state index in [1.165, 1.54) is 4.90 Å². The minimum absolute atomic E-state index is 0.149. The zero-order chi connectivity index (χ0) is 20.3. The van der Waals surface area contributed by atoms with E-state index >= 15 is 0 Å². The maximum Gasteiger partial charge on any atom is 0.276 e. The van der Waals surface area contributed by atoms with Crippen LogP contribution < -0.4 is 14.8 Å². The second-order valence-corrected chi connectivity index (χ2v) is 7.20. The highest BCUT2D eigenvalue weighted by atomic mass is 35.5. The summed E-state index contributed by atoms with van der Waals surface area (Å²) in [6.07, 6.45) is 1.73. The van der Waals surface area contributed by atoms with Crippen LogP contribution in [0.15, 0.2) is 42.1 Å². The number of methoxy groups -OCH3 is 1. The number of hydrogen-bond acceptors (Lipinski definition) is 4. The summed E-state index contributed by atoms with van der Waals surface area (Å²) in [4.78, 5) is 13.8. The monoisotopic (exact) mass is 436 g/mol. The highest BCUT2D eigenvalue weighted by Crippen LogP contribution is 2.31. The summed E-state index contributed by atoms with van der Waals surface area (Å²) in [6, 6.07) is 10.7. The molecule has 5 nitrogen and oxygen atoms in total. The van der Waals surface area contributed by atoms with Crippen molar-refractivity contribution in [1.29, 1.82) is 0 Å². The quantitative estimate of drug-likeness (QED) is 0.527. The van der Waals surface area contributed by atoms with Gasteiger partial charge in [0.25, 0.3) is 5.91 Å². The highest BCUT2D eigenvalue weighted by molar-refractivity contribution is 7.80. The van der Waals surface area contributed by atoms with Gasteiger partial charge in [0.05, 0.1) is 7.11 Å². The van der Waals surface area contributed by atoms with Crippen molar-refractivity contribution in [3.63, 3.8) is 0 Å². The Morgan fingerprint density at radius 1 is 1.18 bits per heavy atom. The number of amides is 1. The van der Waals surface area contributed by atoms with Crippen LogP contribution in [0.25, 0.3) is 6.08 Å². The van der Waals surface area contributed by atoms with E-state index < -0.39 is 0 Å². The number of nitrogens with zero attached hydrogens (tertiary/aromatic N) is 1. The Kier molecular flexibility index (Phi) is 6.44. The van der Waals surface area contributed by atoms with Crippen LogP contribution in [0.2, 0.25) is 10.0 Å². The van der Waals surface area contributed by atoms with Crippen molar-refractivity contribution in [2.45, 2.75) is 13.5 Å². The molecule has 28 heavy (non-hydrogen) atoms. The number of nitrogens with one attached hydrogen (secondary N) is 1. The fraction of sp³-hybridized carbons (Fsp3) is 0.200. The molecule has 0 aliphatic carbocycles. The van der Waals surface area contributed by atoms with Gasteiger partial charge in [-0.2, -0.15) is 0 Å². The lowest BCUT2D eigenvalue weighted by Crippen LogP contribution is -2.30. The molecular weight excluding hydrogens is 419 g/mol. The third kappa shape index (κ3) is 4.41. The molecule has 3 rings (SSSR count). The summed E-state index contributed by atoms with van der Waals surface area (Å²) < 4.78 is 11.3. The van der Waals surface area contributed by atoms with E-state index in [1.54, 1.807) is 37.5 Å². The smallest absolute Gasteiger partial charge is 0.276 e. The number of carbonyl (C=O) groups is 1. The van der Waals surface area contributed by atoms with Crippen LogP contribution in [0, 0.1) is 0 Å². The first-order valence-corrected chi connectivity index (χ1v) is 9.68. The average molecular weight is 437 g/mol. The van der Waals surface area contributed by atoms with Crippen molar-refractivity contribution < 1.29 is 14.3 Å². The molecule has 2 aromatic carbocycles. The zero-order valence-corrected chi connectivity index (χ0v) is 17.6. The van der Waals surface area contributed by atoms with Gasteiger partial charge >= 0.3 is 0 Å². The third-order valence-electron chi connectivity index (χ3n) is 4.18. The van der Waals surface area contributed by atoms with Crippen LogP contribution in [0.5, 0.6) is 11.5 Å². The van der Waals surface area contributed by atoms with Crippen LogP contribution in [0.4, 0.5) is 0 Å². The first kappa shape index (κ1) is 20.5. The lowest BCUT2D eigenvalue weighted by atomic mass is 10.1. The molecule has 1 aliphatic heterocycles. The molecule has 1 saturated heterocycles. The van der Waals surface area contributed by atoms with Crippen molar-refractivity contribution in [3.8, 4) is 11.5 Å². The number of hydrogen-bond donors (Lipinski definition) is 1. The average Bonchev–Trinajstić information content (AvgIpc) is 2.94. The number of thiocarbonyl (C=S) groups is 1. The lowest BCUT2D eigenvalue weighted by Gasteiger charge is -2.12. The fourth-order valence-corrected chi connectivity index (χ4v) is 3.50. The molecule has 0 unspecified atom stereocenters. The molecule has 1 N–H and O–H groups in total. The maximum absolute atomic E-state index is 12.3. The first-order chi connectivity index (χ1) is 13.4. The second kappa shape index (κ2) is 8.82. The Labute approximate surface area is 178 Å². The summed E-state index contributed by atoms with van der Waals surface area (Å²) in [5, 5.41) is 4.45. The molecule has 0 radical (unpaired) electrons. The molecule has 0 saturated carbocycles. The molecule has 8 heteroatoms. The molecule has 1 fully saturated rings. The van der Waals surface area contributed by atoms with Gasteiger partial charge in [-0.3, -0.25) is 9.69 Å². The second-order valence-electron chi connectivity index (χ2n) is 5.97. The van der Waals surface area contributed by atoms with E-state index in [0.29, 0.717) is 38.9 Å². The minimum atomic E-state index is -0.149. The Morgan fingerprint density at radius 2 is 1.96 bits per heavy atom. The summed E-state index contributed by atoms with van der Waals surface area (Å²) in [5.41, 5.74) is 2.02. The maximum atomic E-state index is 12.3. The van der Waals surface area contributed by atoms with Crippen molar-refractivity contribution in [2.24, 2.45) is 0 Å². The molecular formula is C20H18Cl2N2O3S. The molecule has 0 aromatic heterocycles. The van der Waals surface area contributed by atoms with Gasteiger partial charge < -0.3 is 14.8 Å². The Morgan fingerprint density at radius 3 is 2.61 bits per heavy atom. The van der Waals surface area contributed by atoms with Gasteiger partial charge in [0.15, 0.2) is 16.6 Å². The van der Waals surface area contributed by atoms with E-state index in [0.717, 1.165) is 11.1 Å². The SMILES string of the molecule is CCN1C(=O)/C(=C/c2ccc(OCc3ccc(Cl)cc3Cl)c(OC)c2)NC1=S. The number of likely N-dealkylation sites (N-methyl/N-ethyl adjacent to an activating group) is 1. The first-order valence-electron chi connectivity index (χ1n) is 8.52. The largest absolute Gasteiger partial charge is 0.493 e. The van der Waals surface area contributed by atoms with Gasteiger partial charge in [-0.05, 0) is 55.0 Å². The van der Waals surface area contributed by atoms with Gasteiger partial charge in [0.1, 0.15) is 12.3 Å². The Balaban J connectivity index is 1.78. The third-order valence-corrected chi connectivity index (χ3v) is 5.08. The Bertz CT molecular complexity index is 962. The summed E-state index contributed by atoms with van der Waals surface area (Å²) in [5.74, 6) is 0.955. The highest BCUT2D eigenvalue weighted by Gasteiger charge is 2.29. The van der Waals surface area contributed by atoms with Crippen LogP contribution in [0.3, 0.4) is 0 Å².